The minimum Gasteiger partial charge on any atom is -0.480 e. The molecule has 0 unspecified atom stereocenters. The van der Waals surface area contributed by atoms with Crippen molar-refractivity contribution in [2.75, 3.05) is 43.5 Å². The summed E-state index contributed by atoms with van der Waals surface area (Å²) in [6.07, 6.45) is 1.59. The Morgan fingerprint density at radius 2 is 1.75 bits per heavy atom. The van der Waals surface area contributed by atoms with Gasteiger partial charge in [-0.15, -0.1) is 0 Å². The van der Waals surface area contributed by atoms with Crippen LogP contribution in [-0.2, 0) is 0 Å². The summed E-state index contributed by atoms with van der Waals surface area (Å²) in [7, 11) is 1.53. The summed E-state index contributed by atoms with van der Waals surface area (Å²) in [5, 5.41) is 3.44. The smallest absolute Gasteiger partial charge is 0.322 e. The van der Waals surface area contributed by atoms with Gasteiger partial charge in [0.15, 0.2) is 10.8 Å². The van der Waals surface area contributed by atoms with Crippen LogP contribution >= 0.6 is 12.2 Å². The molecule has 172 valence electrons. The van der Waals surface area contributed by atoms with Gasteiger partial charge in [0.1, 0.15) is 5.69 Å². The molecule has 7 nitrogen and oxygen atoms in total. The van der Waals surface area contributed by atoms with E-state index in [0.717, 1.165) is 19.5 Å². The molecule has 0 atom stereocenters. The molecule has 2 amide bonds. The highest BCUT2D eigenvalue weighted by Crippen LogP contribution is 2.30. The minimum absolute atomic E-state index is 0.184. The van der Waals surface area contributed by atoms with Crippen molar-refractivity contribution in [1.82, 2.24) is 9.88 Å². The first-order chi connectivity index (χ1) is 15.3. The molecular formula is C24H32N4O3S. The summed E-state index contributed by atoms with van der Waals surface area (Å²) in [6, 6.07) is 8.10. The maximum Gasteiger partial charge on any atom is 0.322 e. The van der Waals surface area contributed by atoms with Crippen molar-refractivity contribution in [2.24, 2.45) is 0 Å². The second-order valence-electron chi connectivity index (χ2n) is 8.10. The number of aryl methyl sites for hydroxylation is 3. The number of hydrogen-bond donors (Lipinski definition) is 1. The minimum atomic E-state index is -0.184. The quantitative estimate of drug-likeness (QED) is 0.625. The van der Waals surface area contributed by atoms with Crippen molar-refractivity contribution in [3.05, 3.63) is 41.1 Å². The van der Waals surface area contributed by atoms with Crippen molar-refractivity contribution in [3.63, 3.8) is 0 Å². The Kier molecular flexibility index (Phi) is 7.90. The second kappa shape index (κ2) is 10.6. The highest BCUT2D eigenvalue weighted by molar-refractivity contribution is 7.80. The number of nitrogens with one attached hydrogen (secondary N) is 1. The van der Waals surface area contributed by atoms with E-state index in [1.165, 1.54) is 23.9 Å². The van der Waals surface area contributed by atoms with Gasteiger partial charge in [-0.25, -0.2) is 9.78 Å². The molecular weight excluding hydrogens is 424 g/mol. The average Bonchev–Trinajstić information content (AvgIpc) is 2.75. The number of benzene rings is 1. The van der Waals surface area contributed by atoms with Gasteiger partial charge in [-0.1, -0.05) is 13.0 Å². The molecule has 1 aromatic carbocycles. The number of carbonyl (C=O) groups is 1. The van der Waals surface area contributed by atoms with E-state index in [9.17, 15) is 4.79 Å². The monoisotopic (exact) mass is 456 g/mol. The summed E-state index contributed by atoms with van der Waals surface area (Å²) in [5.41, 5.74) is 4.82. The van der Waals surface area contributed by atoms with Crippen LogP contribution in [0.1, 0.15) is 36.6 Å². The fraction of sp³-hybridized carbons (Fsp3) is 0.458. The highest BCUT2D eigenvalue weighted by atomic mass is 32.1. The molecule has 3 rings (SSSR count). The molecule has 1 N–H and O–H groups in total. The van der Waals surface area contributed by atoms with E-state index in [2.05, 4.69) is 47.2 Å². The van der Waals surface area contributed by atoms with E-state index < -0.39 is 0 Å². The Labute approximate surface area is 195 Å². The first kappa shape index (κ1) is 23.8. The predicted octanol–water partition coefficient (Wildman–Crippen LogP) is 4.88. The summed E-state index contributed by atoms with van der Waals surface area (Å²) < 4.78 is 11.2. The van der Waals surface area contributed by atoms with Crippen LogP contribution in [0, 0.1) is 20.8 Å². The number of nitrogens with zero attached hydrogens (tertiary/aromatic N) is 3. The topological polar surface area (TPSA) is 66.9 Å². The SMILES string of the molecule is CCCC(=S)Oc1cc(NC(=O)N2CCN(c3cc(C)cc(C)c3)CC2)c(OC)nc1C. The van der Waals surface area contributed by atoms with E-state index >= 15 is 0 Å². The summed E-state index contributed by atoms with van der Waals surface area (Å²) in [4.78, 5) is 21.5. The summed E-state index contributed by atoms with van der Waals surface area (Å²) in [5.74, 6) is 0.873. The predicted molar refractivity (Wildman–Crippen MR) is 132 cm³/mol. The van der Waals surface area contributed by atoms with Gasteiger partial charge < -0.3 is 24.6 Å². The largest absolute Gasteiger partial charge is 0.480 e. The number of hydrogen-bond acceptors (Lipinski definition) is 6. The zero-order valence-electron chi connectivity index (χ0n) is 19.5. The zero-order chi connectivity index (χ0) is 23.3. The number of carbonyl (C=O) groups excluding carboxylic acids is 1. The third-order valence-electron chi connectivity index (χ3n) is 5.38. The first-order valence-corrected chi connectivity index (χ1v) is 11.4. The van der Waals surface area contributed by atoms with Crippen LogP contribution in [0.2, 0.25) is 0 Å². The lowest BCUT2D eigenvalue weighted by Crippen LogP contribution is -2.50. The Hall–Kier alpha value is -2.87. The molecule has 0 aliphatic carbocycles. The van der Waals surface area contributed by atoms with Crippen LogP contribution in [0.5, 0.6) is 11.6 Å². The molecule has 0 radical (unpaired) electrons. The Balaban J connectivity index is 1.67. The van der Waals surface area contributed by atoms with Crippen LogP contribution in [0.4, 0.5) is 16.2 Å². The molecule has 2 heterocycles. The third kappa shape index (κ3) is 5.88. The number of anilines is 2. The van der Waals surface area contributed by atoms with Crippen molar-refractivity contribution in [2.45, 2.75) is 40.5 Å². The Bertz CT molecular complexity index is 967. The van der Waals surface area contributed by atoms with Gasteiger partial charge in [0, 0.05) is 44.4 Å². The summed E-state index contributed by atoms with van der Waals surface area (Å²) >= 11 is 5.28. The third-order valence-corrected chi connectivity index (χ3v) is 5.67. The summed E-state index contributed by atoms with van der Waals surface area (Å²) in [6.45, 7) is 10.9. The van der Waals surface area contributed by atoms with Crippen LogP contribution < -0.4 is 19.7 Å². The fourth-order valence-electron chi connectivity index (χ4n) is 3.79. The molecule has 1 fully saturated rings. The number of ether oxygens (including phenoxy) is 2. The average molecular weight is 457 g/mol. The van der Waals surface area contributed by atoms with E-state index in [0.29, 0.717) is 47.6 Å². The number of rotatable bonds is 6. The van der Waals surface area contributed by atoms with Gasteiger partial charge in [0.05, 0.1) is 12.8 Å². The number of aromatic nitrogens is 1. The normalized spacial score (nSPS) is 13.7. The van der Waals surface area contributed by atoms with Crippen LogP contribution in [0.3, 0.4) is 0 Å². The number of amides is 2. The maximum atomic E-state index is 13.0. The molecule has 1 aromatic heterocycles. The molecule has 0 bridgehead atoms. The van der Waals surface area contributed by atoms with Gasteiger partial charge in [0.25, 0.3) is 0 Å². The van der Waals surface area contributed by atoms with E-state index in [4.69, 9.17) is 21.7 Å². The first-order valence-electron chi connectivity index (χ1n) is 11.0. The van der Waals surface area contributed by atoms with Crippen molar-refractivity contribution >= 4 is 34.7 Å². The fourth-order valence-corrected chi connectivity index (χ4v) is 4.08. The standard InChI is InChI=1S/C24H32N4O3S/c1-6-7-22(32)31-21-15-20(23(30-5)25-18(21)4)26-24(29)28-10-8-27(9-11-28)19-13-16(2)12-17(3)14-19/h12-15H,6-11H2,1-5H3,(H,26,29). The number of thiocarbonyl (C=S) groups is 1. The number of pyridine rings is 1. The molecule has 8 heteroatoms. The molecule has 0 spiro atoms. The van der Waals surface area contributed by atoms with Gasteiger partial charge in [-0.3, -0.25) is 0 Å². The molecule has 1 aliphatic rings. The van der Waals surface area contributed by atoms with E-state index in [1.54, 1.807) is 11.0 Å². The lowest BCUT2D eigenvalue weighted by atomic mass is 10.1. The Morgan fingerprint density at radius 1 is 1.09 bits per heavy atom. The molecule has 32 heavy (non-hydrogen) atoms. The van der Waals surface area contributed by atoms with Gasteiger partial charge in [0.2, 0.25) is 5.88 Å². The molecule has 0 saturated carbocycles. The zero-order valence-corrected chi connectivity index (χ0v) is 20.3. The van der Waals surface area contributed by atoms with Gasteiger partial charge >= 0.3 is 6.03 Å². The van der Waals surface area contributed by atoms with Crippen LogP contribution in [-0.4, -0.2) is 54.3 Å². The van der Waals surface area contributed by atoms with Crippen molar-refractivity contribution in [1.29, 1.82) is 0 Å². The molecule has 1 aliphatic heterocycles. The van der Waals surface area contributed by atoms with E-state index in [-0.39, 0.29) is 6.03 Å². The van der Waals surface area contributed by atoms with Crippen molar-refractivity contribution in [3.8, 4) is 11.6 Å². The van der Waals surface area contributed by atoms with Crippen molar-refractivity contribution < 1.29 is 14.3 Å². The molecule has 2 aromatic rings. The number of methoxy groups -OCH3 is 1. The highest BCUT2D eigenvalue weighted by Gasteiger charge is 2.23. The van der Waals surface area contributed by atoms with Gasteiger partial charge in [-0.2, -0.15) is 0 Å². The second-order valence-corrected chi connectivity index (χ2v) is 8.56. The lowest BCUT2D eigenvalue weighted by Gasteiger charge is -2.36. The van der Waals surface area contributed by atoms with Crippen LogP contribution in [0.15, 0.2) is 24.3 Å². The van der Waals surface area contributed by atoms with E-state index in [1.807, 2.05) is 13.8 Å². The van der Waals surface area contributed by atoms with Gasteiger partial charge in [-0.05, 0) is 62.7 Å². The molecule has 1 saturated heterocycles. The number of piperazine rings is 1. The van der Waals surface area contributed by atoms with Crippen LogP contribution in [0.25, 0.3) is 0 Å². The number of urea groups is 1. The Morgan fingerprint density at radius 3 is 2.34 bits per heavy atom. The maximum absolute atomic E-state index is 13.0. The lowest BCUT2D eigenvalue weighted by molar-refractivity contribution is 0.208.